The van der Waals surface area contributed by atoms with Crippen LogP contribution in [0.2, 0.25) is 5.02 Å². The van der Waals surface area contributed by atoms with Crippen molar-refractivity contribution in [2.24, 2.45) is 0 Å². The second kappa shape index (κ2) is 11.3. The minimum absolute atomic E-state index is 0.0120. The van der Waals surface area contributed by atoms with E-state index >= 15 is 8.78 Å². The van der Waals surface area contributed by atoms with Crippen LogP contribution in [0.5, 0.6) is 0 Å². The number of anilines is 2. The number of carbonyl (C=O) groups is 2. The fourth-order valence-corrected chi connectivity index (χ4v) is 7.13. The summed E-state index contributed by atoms with van der Waals surface area (Å²) in [6, 6.07) is 5.90. The molecule has 0 radical (unpaired) electrons. The number of nitrogens with zero attached hydrogens (tertiary/aromatic N) is 5. The number of hydrogen-bond acceptors (Lipinski definition) is 9. The number of halogens is 3. The molecule has 6 rings (SSSR count). The maximum absolute atomic E-state index is 16.7. The van der Waals surface area contributed by atoms with Crippen LogP contribution in [0.25, 0.3) is 32.1 Å². The molecule has 0 saturated carbocycles. The molecule has 2 aromatic heterocycles. The Hall–Kier alpha value is -4.54. The van der Waals surface area contributed by atoms with Gasteiger partial charge in [-0.25, -0.2) is 28.3 Å². The lowest BCUT2D eigenvalue weighted by atomic mass is 9.97. The zero-order valence-electron chi connectivity index (χ0n) is 26.7. The number of carbonyl (C=O) groups excluding carboxylic acids is 2. The van der Waals surface area contributed by atoms with Gasteiger partial charge in [-0.3, -0.25) is 10.2 Å². The van der Waals surface area contributed by atoms with Gasteiger partial charge in [-0.1, -0.05) is 17.7 Å². The van der Waals surface area contributed by atoms with Crippen LogP contribution in [0.4, 0.5) is 29.2 Å². The Bertz CT molecular complexity index is 2080. The van der Waals surface area contributed by atoms with Crippen LogP contribution < -0.4 is 10.2 Å². The number of aromatic nitrogens is 2. The highest BCUT2D eigenvalue weighted by atomic mass is 35.5. The van der Waals surface area contributed by atoms with Crippen molar-refractivity contribution in [2.45, 2.75) is 72.1 Å². The molecule has 0 aliphatic carbocycles. The predicted octanol–water partition coefficient (Wildman–Crippen LogP) is 8.64. The molecule has 2 amide bonds. The summed E-state index contributed by atoms with van der Waals surface area (Å²) in [5.74, 6) is -0.706. The average Bonchev–Trinajstić information content (AvgIpc) is 3.65. The summed E-state index contributed by atoms with van der Waals surface area (Å²) in [5.41, 5.74) is -0.649. The number of ether oxygens (including phenoxy) is 2. The maximum atomic E-state index is 16.7. The Balaban J connectivity index is 1.45. The maximum Gasteiger partial charge on any atom is 0.414 e. The van der Waals surface area contributed by atoms with Crippen LogP contribution in [-0.4, -0.2) is 50.8 Å². The van der Waals surface area contributed by atoms with Gasteiger partial charge in [0.15, 0.2) is 5.82 Å². The molecule has 1 saturated heterocycles. The lowest BCUT2D eigenvalue weighted by Gasteiger charge is -2.31. The van der Waals surface area contributed by atoms with E-state index in [4.69, 9.17) is 21.1 Å². The molecule has 1 N–H and O–H groups in total. The number of fused-ring (bicyclic) bond motifs is 4. The van der Waals surface area contributed by atoms with Crippen LogP contribution >= 0.6 is 22.9 Å². The first-order chi connectivity index (χ1) is 22.0. The van der Waals surface area contributed by atoms with Crippen molar-refractivity contribution in [1.82, 2.24) is 14.9 Å². The summed E-state index contributed by atoms with van der Waals surface area (Å²) in [6.45, 7) is 12.5. The van der Waals surface area contributed by atoms with Crippen LogP contribution in [0.15, 0.2) is 30.1 Å². The molecular weight excluding hydrogens is 650 g/mol. The van der Waals surface area contributed by atoms with Gasteiger partial charge in [0, 0.05) is 41.2 Å². The number of thiophene rings is 1. The van der Waals surface area contributed by atoms with Crippen molar-refractivity contribution >= 4 is 66.9 Å². The summed E-state index contributed by atoms with van der Waals surface area (Å²) in [7, 11) is 0. The van der Waals surface area contributed by atoms with E-state index in [1.807, 2.05) is 11.0 Å². The van der Waals surface area contributed by atoms with Crippen molar-refractivity contribution in [2.75, 3.05) is 16.8 Å². The van der Waals surface area contributed by atoms with E-state index in [1.54, 1.807) is 65.6 Å². The quantitative estimate of drug-likeness (QED) is 0.228. The van der Waals surface area contributed by atoms with Crippen LogP contribution in [0.1, 0.15) is 59.4 Å². The molecule has 1 fully saturated rings. The van der Waals surface area contributed by atoms with Gasteiger partial charge in [-0.2, -0.15) is 5.26 Å². The second-order valence-corrected chi connectivity index (χ2v) is 14.8. The summed E-state index contributed by atoms with van der Waals surface area (Å²) in [5, 5.41) is 13.1. The van der Waals surface area contributed by atoms with Crippen LogP contribution in [0.3, 0.4) is 0 Å². The highest BCUT2D eigenvalue weighted by Gasteiger charge is 2.42. The van der Waals surface area contributed by atoms with Crippen molar-refractivity contribution in [3.63, 3.8) is 0 Å². The van der Waals surface area contributed by atoms with Gasteiger partial charge < -0.3 is 14.4 Å². The molecule has 1 atom stereocenters. The SMILES string of the molecule is Cc1nc(N2CC3CC2=CN3C(=O)OC(C)(C)C)c2cc(Cl)c(-c3ccc(F)c4sc(NC(=O)OC(C)(C)C)c(C#N)c34)c(F)c2n1. The number of nitriles is 1. The highest BCUT2D eigenvalue weighted by molar-refractivity contribution is 7.23. The Morgan fingerprint density at radius 1 is 1.13 bits per heavy atom. The van der Waals surface area contributed by atoms with E-state index in [0.717, 1.165) is 23.1 Å². The smallest absolute Gasteiger partial charge is 0.414 e. The molecule has 4 heterocycles. The molecule has 4 aromatic rings. The molecule has 2 bridgehead atoms. The summed E-state index contributed by atoms with van der Waals surface area (Å²) in [4.78, 5) is 37.8. The van der Waals surface area contributed by atoms with Gasteiger partial charge in [0.2, 0.25) is 0 Å². The summed E-state index contributed by atoms with van der Waals surface area (Å²) < 4.78 is 42.8. The number of nitrogens with one attached hydrogen (secondary N) is 1. The van der Waals surface area contributed by atoms with Gasteiger partial charge in [0.25, 0.3) is 0 Å². The molecule has 2 aromatic carbocycles. The van der Waals surface area contributed by atoms with Crippen molar-refractivity contribution in [1.29, 1.82) is 5.26 Å². The molecule has 1 unspecified atom stereocenters. The van der Waals surface area contributed by atoms with Gasteiger partial charge >= 0.3 is 12.2 Å². The lowest BCUT2D eigenvalue weighted by molar-refractivity contribution is 0.0293. The first kappa shape index (κ1) is 32.4. The third-order valence-corrected chi connectivity index (χ3v) is 8.90. The van der Waals surface area contributed by atoms with Crippen LogP contribution in [-0.2, 0) is 9.47 Å². The van der Waals surface area contributed by atoms with E-state index in [0.29, 0.717) is 30.0 Å². The zero-order chi connectivity index (χ0) is 34.2. The second-order valence-electron chi connectivity index (χ2n) is 13.4. The Labute approximate surface area is 278 Å². The number of hydrogen-bond donors (Lipinski definition) is 1. The fourth-order valence-electron chi connectivity index (χ4n) is 5.77. The highest BCUT2D eigenvalue weighted by Crippen LogP contribution is 2.47. The first-order valence-electron chi connectivity index (χ1n) is 14.8. The van der Waals surface area contributed by atoms with Crippen molar-refractivity contribution in [3.8, 4) is 17.2 Å². The predicted molar refractivity (Wildman–Crippen MR) is 176 cm³/mol. The summed E-state index contributed by atoms with van der Waals surface area (Å²) >= 11 is 7.64. The minimum atomic E-state index is -0.822. The van der Waals surface area contributed by atoms with Gasteiger partial charge in [-0.05, 0) is 66.2 Å². The third kappa shape index (κ3) is 5.92. The normalized spacial score (nSPS) is 16.1. The van der Waals surface area contributed by atoms with E-state index in [1.165, 1.54) is 6.07 Å². The van der Waals surface area contributed by atoms with Crippen molar-refractivity contribution < 1.29 is 27.8 Å². The number of aryl methyl sites for hydroxylation is 1. The number of rotatable bonds is 3. The Kier molecular flexibility index (Phi) is 7.80. The number of benzene rings is 2. The largest absolute Gasteiger partial charge is 0.444 e. The van der Waals surface area contributed by atoms with Gasteiger partial charge in [0.1, 0.15) is 45.2 Å². The molecule has 10 nitrogen and oxygen atoms in total. The number of amides is 2. The Morgan fingerprint density at radius 2 is 1.83 bits per heavy atom. The molecule has 244 valence electrons. The molecule has 47 heavy (non-hydrogen) atoms. The molecule has 14 heteroatoms. The molecule has 2 aliphatic heterocycles. The van der Waals surface area contributed by atoms with E-state index in [9.17, 15) is 14.9 Å². The van der Waals surface area contributed by atoms with Gasteiger partial charge in [-0.15, -0.1) is 11.3 Å². The first-order valence-corrected chi connectivity index (χ1v) is 16.0. The van der Waals surface area contributed by atoms with Gasteiger partial charge in [0.05, 0.1) is 21.3 Å². The van der Waals surface area contributed by atoms with Crippen molar-refractivity contribution in [3.05, 3.63) is 58.1 Å². The van der Waals surface area contributed by atoms with E-state index in [-0.39, 0.29) is 48.4 Å². The average molecular weight is 681 g/mol. The third-order valence-electron chi connectivity index (χ3n) is 7.49. The fraction of sp³-hybridized carbons (Fsp3) is 0.364. The minimum Gasteiger partial charge on any atom is -0.444 e. The summed E-state index contributed by atoms with van der Waals surface area (Å²) in [6.07, 6.45) is 1.02. The topological polar surface area (TPSA) is 121 Å². The monoisotopic (exact) mass is 680 g/mol. The standard InChI is InChI=1S/C33H31ClF2N6O4S/c1-15-38-26-19(28(39-15)41-13-17-10-16(41)14-42(17)31(44)46-33(5,6)7)11-21(34)24(25(26)36)18-8-9-22(35)27-23(18)20(12-37)29(47-27)40-30(43)45-32(2,3)4/h8-9,11,14,17H,10,13H2,1-7H3,(H,40,43). The van der Waals surface area contributed by atoms with E-state index in [2.05, 4.69) is 15.3 Å². The lowest BCUT2D eigenvalue weighted by Crippen LogP contribution is -2.42. The molecule has 0 spiro atoms. The van der Waals surface area contributed by atoms with E-state index < -0.39 is 35.0 Å². The molecule has 2 aliphatic rings. The Morgan fingerprint density at radius 3 is 2.45 bits per heavy atom. The van der Waals surface area contributed by atoms with Crippen LogP contribution in [0, 0.1) is 29.9 Å². The zero-order valence-corrected chi connectivity index (χ0v) is 28.3. The molecular formula is C33H31ClF2N6O4S.